The fraction of sp³-hybridized carbons (Fsp3) is 0.304. The van der Waals surface area contributed by atoms with Crippen LogP contribution in [0.2, 0.25) is 0 Å². The maximum atomic E-state index is 13.0. The summed E-state index contributed by atoms with van der Waals surface area (Å²) in [4.78, 5) is 50.1. The number of rotatable bonds is 6. The molecule has 0 radical (unpaired) electrons. The van der Waals surface area contributed by atoms with E-state index in [1.165, 1.54) is 6.92 Å². The van der Waals surface area contributed by atoms with E-state index in [1.807, 2.05) is 24.3 Å². The standard InChI is InChI=1S/C23H26N4O4/c1-14(2)16-8-10-17(11-9-16)23(4)21(30)27(22(31)26-23)13-20(29)25-19-7-5-6-18(12-19)24-15(3)28/h5-12,14H,13H2,1-4H3,(H,24,28)(H,25,29)(H,26,31)/t23-/m0/s1. The van der Waals surface area contributed by atoms with Crippen LogP contribution in [0.4, 0.5) is 16.2 Å². The van der Waals surface area contributed by atoms with E-state index in [1.54, 1.807) is 31.2 Å². The number of carbonyl (C=O) groups is 4. The zero-order valence-electron chi connectivity index (χ0n) is 18.0. The van der Waals surface area contributed by atoms with Gasteiger partial charge < -0.3 is 16.0 Å². The molecule has 0 aromatic heterocycles. The summed E-state index contributed by atoms with van der Waals surface area (Å²) in [6.07, 6.45) is 0. The molecule has 0 bridgehead atoms. The van der Waals surface area contributed by atoms with Gasteiger partial charge in [0.15, 0.2) is 0 Å². The molecule has 8 nitrogen and oxygen atoms in total. The number of imide groups is 1. The van der Waals surface area contributed by atoms with Crippen molar-refractivity contribution in [3.05, 3.63) is 59.7 Å². The molecule has 0 unspecified atom stereocenters. The topological polar surface area (TPSA) is 108 Å². The molecular formula is C23H26N4O4. The van der Waals surface area contributed by atoms with Crippen LogP contribution in [-0.2, 0) is 19.9 Å². The predicted octanol–water partition coefficient (Wildman–Crippen LogP) is 3.17. The Bertz CT molecular complexity index is 1030. The maximum absolute atomic E-state index is 13.0. The molecule has 1 atom stereocenters. The van der Waals surface area contributed by atoms with Crippen LogP contribution in [0.3, 0.4) is 0 Å². The Labute approximate surface area is 181 Å². The van der Waals surface area contributed by atoms with Gasteiger partial charge in [0.05, 0.1) is 0 Å². The van der Waals surface area contributed by atoms with Crippen molar-refractivity contribution in [3.63, 3.8) is 0 Å². The van der Waals surface area contributed by atoms with Gasteiger partial charge in [-0.05, 0) is 42.2 Å². The van der Waals surface area contributed by atoms with E-state index in [0.717, 1.165) is 10.5 Å². The lowest BCUT2D eigenvalue weighted by Gasteiger charge is -2.22. The largest absolute Gasteiger partial charge is 0.326 e. The molecular weight excluding hydrogens is 396 g/mol. The van der Waals surface area contributed by atoms with E-state index in [2.05, 4.69) is 29.8 Å². The Balaban J connectivity index is 1.71. The minimum atomic E-state index is -1.24. The molecule has 31 heavy (non-hydrogen) atoms. The average Bonchev–Trinajstić information content (AvgIpc) is 2.92. The first-order valence-corrected chi connectivity index (χ1v) is 10.0. The Hall–Kier alpha value is -3.68. The molecule has 2 aromatic rings. The van der Waals surface area contributed by atoms with Crippen molar-refractivity contribution in [2.45, 2.75) is 39.2 Å². The summed E-state index contributed by atoms with van der Waals surface area (Å²) < 4.78 is 0. The third-order valence-electron chi connectivity index (χ3n) is 5.20. The van der Waals surface area contributed by atoms with Gasteiger partial charge in [0.1, 0.15) is 12.1 Å². The number of benzene rings is 2. The second kappa shape index (κ2) is 8.59. The number of anilines is 2. The first-order chi connectivity index (χ1) is 14.6. The Kier molecular flexibility index (Phi) is 6.10. The molecule has 162 valence electrons. The van der Waals surface area contributed by atoms with E-state index in [4.69, 9.17) is 0 Å². The SMILES string of the molecule is CC(=O)Nc1cccc(NC(=O)CN2C(=O)N[C@@](C)(c3ccc(C(C)C)cc3)C2=O)c1. The fourth-order valence-corrected chi connectivity index (χ4v) is 3.46. The molecule has 1 saturated heterocycles. The maximum Gasteiger partial charge on any atom is 0.325 e. The Morgan fingerprint density at radius 1 is 1.03 bits per heavy atom. The van der Waals surface area contributed by atoms with Crippen LogP contribution in [-0.4, -0.2) is 35.2 Å². The van der Waals surface area contributed by atoms with Crippen LogP contribution in [0.5, 0.6) is 0 Å². The number of hydrogen-bond acceptors (Lipinski definition) is 4. The van der Waals surface area contributed by atoms with Crippen molar-refractivity contribution in [1.82, 2.24) is 10.2 Å². The Morgan fingerprint density at radius 3 is 2.23 bits per heavy atom. The molecule has 0 spiro atoms. The quantitative estimate of drug-likeness (QED) is 0.622. The Morgan fingerprint density at radius 2 is 1.65 bits per heavy atom. The van der Waals surface area contributed by atoms with Crippen LogP contribution in [0.1, 0.15) is 44.7 Å². The molecule has 0 saturated carbocycles. The minimum absolute atomic E-state index is 0.233. The third-order valence-corrected chi connectivity index (χ3v) is 5.20. The highest BCUT2D eigenvalue weighted by atomic mass is 16.2. The van der Waals surface area contributed by atoms with Gasteiger partial charge in [-0.15, -0.1) is 0 Å². The van der Waals surface area contributed by atoms with E-state index < -0.39 is 29.9 Å². The molecule has 1 aliphatic heterocycles. The monoisotopic (exact) mass is 422 g/mol. The molecule has 1 aliphatic rings. The number of nitrogens with zero attached hydrogens (tertiary/aromatic N) is 1. The molecule has 3 N–H and O–H groups in total. The number of carbonyl (C=O) groups excluding carboxylic acids is 4. The van der Waals surface area contributed by atoms with Crippen molar-refractivity contribution in [2.75, 3.05) is 17.2 Å². The first-order valence-electron chi connectivity index (χ1n) is 10.0. The zero-order valence-corrected chi connectivity index (χ0v) is 18.0. The first kappa shape index (κ1) is 22.0. The lowest BCUT2D eigenvalue weighted by Crippen LogP contribution is -2.42. The normalized spacial score (nSPS) is 18.2. The van der Waals surface area contributed by atoms with Gasteiger partial charge in [-0.25, -0.2) is 4.79 Å². The molecule has 5 amide bonds. The highest BCUT2D eigenvalue weighted by Gasteiger charge is 2.49. The molecule has 3 rings (SSSR count). The van der Waals surface area contributed by atoms with Gasteiger partial charge in [0.2, 0.25) is 11.8 Å². The predicted molar refractivity (Wildman–Crippen MR) is 118 cm³/mol. The van der Waals surface area contributed by atoms with Gasteiger partial charge in [-0.1, -0.05) is 44.2 Å². The van der Waals surface area contributed by atoms with Gasteiger partial charge in [-0.3, -0.25) is 19.3 Å². The summed E-state index contributed by atoms with van der Waals surface area (Å²) >= 11 is 0. The van der Waals surface area contributed by atoms with E-state index in [0.29, 0.717) is 22.9 Å². The van der Waals surface area contributed by atoms with Crippen LogP contribution >= 0.6 is 0 Å². The van der Waals surface area contributed by atoms with E-state index >= 15 is 0 Å². The fourth-order valence-electron chi connectivity index (χ4n) is 3.46. The lowest BCUT2D eigenvalue weighted by atomic mass is 9.90. The minimum Gasteiger partial charge on any atom is -0.326 e. The van der Waals surface area contributed by atoms with E-state index in [-0.39, 0.29) is 5.91 Å². The molecule has 8 heteroatoms. The number of nitrogens with one attached hydrogen (secondary N) is 3. The van der Waals surface area contributed by atoms with E-state index in [9.17, 15) is 19.2 Å². The smallest absolute Gasteiger partial charge is 0.325 e. The van der Waals surface area contributed by atoms with Crippen molar-refractivity contribution < 1.29 is 19.2 Å². The summed E-state index contributed by atoms with van der Waals surface area (Å²) in [7, 11) is 0. The van der Waals surface area contributed by atoms with Crippen LogP contribution in [0.25, 0.3) is 0 Å². The highest BCUT2D eigenvalue weighted by Crippen LogP contribution is 2.30. The van der Waals surface area contributed by atoms with Gasteiger partial charge >= 0.3 is 6.03 Å². The summed E-state index contributed by atoms with van der Waals surface area (Å²) in [5.74, 6) is -0.900. The summed E-state index contributed by atoms with van der Waals surface area (Å²) in [6, 6.07) is 13.5. The summed E-state index contributed by atoms with van der Waals surface area (Å²) in [5, 5.41) is 7.98. The van der Waals surface area contributed by atoms with Gasteiger partial charge in [0, 0.05) is 18.3 Å². The molecule has 1 fully saturated rings. The van der Waals surface area contributed by atoms with Crippen molar-refractivity contribution in [2.24, 2.45) is 0 Å². The highest BCUT2D eigenvalue weighted by molar-refractivity contribution is 6.10. The zero-order chi connectivity index (χ0) is 22.8. The van der Waals surface area contributed by atoms with Crippen LogP contribution in [0, 0.1) is 0 Å². The molecule has 2 aromatic carbocycles. The summed E-state index contributed by atoms with van der Waals surface area (Å²) in [6.45, 7) is 6.74. The second-order valence-corrected chi connectivity index (χ2v) is 8.03. The van der Waals surface area contributed by atoms with Crippen molar-refractivity contribution >= 4 is 35.1 Å². The van der Waals surface area contributed by atoms with Crippen LogP contribution in [0.15, 0.2) is 48.5 Å². The van der Waals surface area contributed by atoms with Crippen molar-refractivity contribution in [3.8, 4) is 0 Å². The molecule has 0 aliphatic carbocycles. The van der Waals surface area contributed by atoms with Gasteiger partial charge in [-0.2, -0.15) is 0 Å². The average molecular weight is 422 g/mol. The lowest BCUT2D eigenvalue weighted by molar-refractivity contribution is -0.133. The summed E-state index contributed by atoms with van der Waals surface area (Å²) in [5.41, 5.74) is 1.51. The number of urea groups is 1. The van der Waals surface area contributed by atoms with Crippen LogP contribution < -0.4 is 16.0 Å². The molecule has 1 heterocycles. The number of amides is 5. The third kappa shape index (κ3) is 4.74. The second-order valence-electron chi connectivity index (χ2n) is 8.03. The van der Waals surface area contributed by atoms with Crippen molar-refractivity contribution in [1.29, 1.82) is 0 Å². The number of hydrogen-bond donors (Lipinski definition) is 3. The van der Waals surface area contributed by atoms with Gasteiger partial charge in [0.25, 0.3) is 5.91 Å².